The number of carbonyl (C=O) groups is 1. The standard InChI is InChI=1S/C16H21N3O5S.ClH/c1-11-15(25(21,22)19(2)3)10-14(24-11)16(20)18-12-4-6-13(7-5-12)23-9-8-17;/h4-7,10H,8-9,17H2,1-3H3,(H,18,20);1H. The third-order valence-corrected chi connectivity index (χ3v) is 5.28. The van der Waals surface area contributed by atoms with Crippen LogP contribution in [0.4, 0.5) is 5.69 Å². The van der Waals surface area contributed by atoms with E-state index in [-0.39, 0.29) is 28.8 Å². The summed E-state index contributed by atoms with van der Waals surface area (Å²) in [5, 5.41) is 2.64. The quantitative estimate of drug-likeness (QED) is 0.729. The third kappa shape index (κ3) is 4.98. The van der Waals surface area contributed by atoms with Gasteiger partial charge in [-0.1, -0.05) is 0 Å². The maximum atomic E-state index is 12.3. The molecule has 1 amide bonds. The Morgan fingerprint density at radius 2 is 1.88 bits per heavy atom. The number of amides is 1. The van der Waals surface area contributed by atoms with Crippen LogP contribution in [0.3, 0.4) is 0 Å². The monoisotopic (exact) mass is 403 g/mol. The number of benzene rings is 1. The Morgan fingerprint density at radius 1 is 1.27 bits per heavy atom. The van der Waals surface area contributed by atoms with Gasteiger partial charge in [-0.3, -0.25) is 4.79 Å². The van der Waals surface area contributed by atoms with Gasteiger partial charge in [0.15, 0.2) is 5.76 Å². The average molecular weight is 404 g/mol. The number of aryl methyl sites for hydroxylation is 1. The molecule has 0 spiro atoms. The number of halogens is 1. The van der Waals surface area contributed by atoms with Crippen molar-refractivity contribution >= 4 is 34.0 Å². The Labute approximate surface area is 158 Å². The number of carbonyl (C=O) groups excluding carboxylic acids is 1. The van der Waals surface area contributed by atoms with Crippen molar-refractivity contribution in [2.45, 2.75) is 11.8 Å². The van der Waals surface area contributed by atoms with Gasteiger partial charge in [0.25, 0.3) is 5.91 Å². The molecular weight excluding hydrogens is 382 g/mol. The number of furan rings is 1. The predicted octanol–water partition coefficient (Wildman–Crippen LogP) is 1.85. The molecule has 2 aromatic rings. The molecule has 2 rings (SSSR count). The molecule has 0 unspecified atom stereocenters. The molecule has 0 atom stereocenters. The molecular formula is C16H22ClN3O5S. The van der Waals surface area contributed by atoms with Gasteiger partial charge in [-0.2, -0.15) is 0 Å². The largest absolute Gasteiger partial charge is 0.492 e. The van der Waals surface area contributed by atoms with Crippen LogP contribution in [0.15, 0.2) is 39.6 Å². The Morgan fingerprint density at radius 3 is 2.42 bits per heavy atom. The maximum absolute atomic E-state index is 12.3. The highest BCUT2D eigenvalue weighted by atomic mass is 35.5. The summed E-state index contributed by atoms with van der Waals surface area (Å²) < 4.78 is 36.1. The van der Waals surface area contributed by atoms with Crippen molar-refractivity contribution in [2.75, 3.05) is 32.6 Å². The van der Waals surface area contributed by atoms with Crippen molar-refractivity contribution in [1.29, 1.82) is 0 Å². The van der Waals surface area contributed by atoms with Crippen molar-refractivity contribution in [2.24, 2.45) is 5.73 Å². The molecule has 0 bridgehead atoms. The number of hydrogen-bond acceptors (Lipinski definition) is 6. The second kappa shape index (κ2) is 9.04. The summed E-state index contributed by atoms with van der Waals surface area (Å²) in [5.74, 6) is 0.168. The van der Waals surface area contributed by atoms with Crippen LogP contribution in [0, 0.1) is 6.92 Å². The smallest absolute Gasteiger partial charge is 0.291 e. The minimum atomic E-state index is -3.67. The Hall–Kier alpha value is -2.07. The molecule has 144 valence electrons. The van der Waals surface area contributed by atoms with Crippen LogP contribution >= 0.6 is 12.4 Å². The van der Waals surface area contributed by atoms with Crippen LogP contribution in [0.5, 0.6) is 5.75 Å². The number of rotatable bonds is 7. The fourth-order valence-corrected chi connectivity index (χ4v) is 3.09. The molecule has 0 aliphatic carbocycles. The van der Waals surface area contributed by atoms with Crippen molar-refractivity contribution in [3.05, 3.63) is 41.9 Å². The number of nitrogens with zero attached hydrogens (tertiary/aromatic N) is 1. The summed E-state index contributed by atoms with van der Waals surface area (Å²) in [6.07, 6.45) is 0. The van der Waals surface area contributed by atoms with Crippen LogP contribution in [0.1, 0.15) is 16.3 Å². The topological polar surface area (TPSA) is 115 Å². The molecule has 1 heterocycles. The van der Waals surface area contributed by atoms with Crippen LogP contribution in [0.2, 0.25) is 0 Å². The van der Waals surface area contributed by atoms with Gasteiger partial charge in [-0.25, -0.2) is 12.7 Å². The zero-order valence-electron chi connectivity index (χ0n) is 14.7. The van der Waals surface area contributed by atoms with Gasteiger partial charge < -0.3 is 20.2 Å². The zero-order valence-corrected chi connectivity index (χ0v) is 16.3. The SMILES string of the molecule is Cc1oc(C(=O)Nc2ccc(OCCN)cc2)cc1S(=O)(=O)N(C)C.Cl. The highest BCUT2D eigenvalue weighted by Crippen LogP contribution is 2.23. The molecule has 3 N–H and O–H groups in total. The highest BCUT2D eigenvalue weighted by molar-refractivity contribution is 7.89. The zero-order chi connectivity index (χ0) is 18.6. The minimum Gasteiger partial charge on any atom is -0.492 e. The molecule has 0 radical (unpaired) electrons. The van der Waals surface area contributed by atoms with Gasteiger partial charge in [-0.05, 0) is 31.2 Å². The van der Waals surface area contributed by atoms with E-state index in [0.717, 1.165) is 4.31 Å². The van der Waals surface area contributed by atoms with Crippen LogP contribution in [-0.4, -0.2) is 45.9 Å². The van der Waals surface area contributed by atoms with E-state index in [1.54, 1.807) is 24.3 Å². The second-order valence-corrected chi connectivity index (χ2v) is 7.55. The molecule has 0 fully saturated rings. The normalized spacial score (nSPS) is 11.1. The fourth-order valence-electron chi connectivity index (χ4n) is 2.03. The summed E-state index contributed by atoms with van der Waals surface area (Å²) in [4.78, 5) is 12.2. The van der Waals surface area contributed by atoms with Crippen molar-refractivity contribution in [1.82, 2.24) is 4.31 Å². The molecule has 0 aliphatic rings. The van der Waals surface area contributed by atoms with E-state index in [0.29, 0.717) is 24.6 Å². The molecule has 10 heteroatoms. The lowest BCUT2D eigenvalue weighted by Gasteiger charge is -2.09. The number of nitrogens with two attached hydrogens (primary N) is 1. The van der Waals surface area contributed by atoms with Crippen molar-refractivity contribution in [3.8, 4) is 5.75 Å². The summed E-state index contributed by atoms with van der Waals surface area (Å²) in [5.41, 5.74) is 5.89. The van der Waals surface area contributed by atoms with Crippen LogP contribution in [0.25, 0.3) is 0 Å². The summed E-state index contributed by atoms with van der Waals surface area (Å²) in [7, 11) is -0.850. The van der Waals surface area contributed by atoms with Crippen LogP contribution < -0.4 is 15.8 Å². The van der Waals surface area contributed by atoms with E-state index < -0.39 is 15.9 Å². The molecule has 8 nitrogen and oxygen atoms in total. The van der Waals surface area contributed by atoms with Gasteiger partial charge in [0.2, 0.25) is 10.0 Å². The van der Waals surface area contributed by atoms with Crippen molar-refractivity contribution in [3.63, 3.8) is 0 Å². The molecule has 1 aromatic carbocycles. The first kappa shape index (κ1) is 22.0. The van der Waals surface area contributed by atoms with Crippen LogP contribution in [-0.2, 0) is 10.0 Å². The van der Waals surface area contributed by atoms with E-state index in [1.807, 2.05) is 0 Å². The third-order valence-electron chi connectivity index (χ3n) is 3.35. The lowest BCUT2D eigenvalue weighted by molar-refractivity contribution is 0.0995. The summed E-state index contributed by atoms with van der Waals surface area (Å²) >= 11 is 0. The fraction of sp³-hybridized carbons (Fsp3) is 0.312. The first-order valence-electron chi connectivity index (χ1n) is 7.53. The molecule has 26 heavy (non-hydrogen) atoms. The highest BCUT2D eigenvalue weighted by Gasteiger charge is 2.25. The molecule has 0 saturated heterocycles. The van der Waals surface area contributed by atoms with Gasteiger partial charge in [-0.15, -0.1) is 12.4 Å². The lowest BCUT2D eigenvalue weighted by Crippen LogP contribution is -2.22. The molecule has 0 saturated carbocycles. The van der Waals surface area contributed by atoms with Gasteiger partial charge in [0, 0.05) is 32.4 Å². The van der Waals surface area contributed by atoms with Crippen molar-refractivity contribution < 1.29 is 22.4 Å². The first-order chi connectivity index (χ1) is 11.8. The van der Waals surface area contributed by atoms with E-state index in [4.69, 9.17) is 14.9 Å². The first-order valence-corrected chi connectivity index (χ1v) is 8.97. The Balaban J connectivity index is 0.00000338. The number of nitrogens with one attached hydrogen (secondary N) is 1. The Kier molecular flexibility index (Phi) is 7.64. The maximum Gasteiger partial charge on any atom is 0.291 e. The number of ether oxygens (including phenoxy) is 1. The van der Waals surface area contributed by atoms with E-state index in [2.05, 4.69) is 5.32 Å². The van der Waals surface area contributed by atoms with Gasteiger partial charge in [0.1, 0.15) is 23.0 Å². The van der Waals surface area contributed by atoms with Gasteiger partial charge >= 0.3 is 0 Å². The minimum absolute atomic E-state index is 0. The van der Waals surface area contributed by atoms with E-state index in [1.165, 1.54) is 27.1 Å². The lowest BCUT2D eigenvalue weighted by atomic mass is 10.3. The Bertz CT molecular complexity index is 847. The van der Waals surface area contributed by atoms with E-state index in [9.17, 15) is 13.2 Å². The predicted molar refractivity (Wildman–Crippen MR) is 101 cm³/mol. The number of sulfonamides is 1. The summed E-state index contributed by atoms with van der Waals surface area (Å²) in [6.45, 7) is 2.31. The summed E-state index contributed by atoms with van der Waals surface area (Å²) in [6, 6.07) is 7.94. The average Bonchev–Trinajstić information content (AvgIpc) is 2.97. The molecule has 0 aliphatic heterocycles. The number of anilines is 1. The molecule has 1 aromatic heterocycles. The second-order valence-electron chi connectivity index (χ2n) is 5.43. The van der Waals surface area contributed by atoms with E-state index >= 15 is 0 Å². The number of hydrogen-bond donors (Lipinski definition) is 2. The van der Waals surface area contributed by atoms with Gasteiger partial charge in [0.05, 0.1) is 0 Å².